The summed E-state index contributed by atoms with van der Waals surface area (Å²) in [4.78, 5) is 2.20. The molecule has 0 bridgehead atoms. The fourth-order valence-electron chi connectivity index (χ4n) is 3.88. The first kappa shape index (κ1) is 22.3. The number of halogens is 3. The lowest BCUT2D eigenvalue weighted by molar-refractivity contribution is -0.137. The van der Waals surface area contributed by atoms with E-state index in [2.05, 4.69) is 20.4 Å². The molecule has 1 atom stereocenters. The lowest BCUT2D eigenvalue weighted by Gasteiger charge is -2.36. The Labute approximate surface area is 173 Å². The Hall–Kier alpha value is -2.39. The average molecular weight is 424 g/mol. The molecule has 3 rings (SSSR count). The Morgan fingerprint density at radius 3 is 2.50 bits per heavy atom. The second kappa shape index (κ2) is 8.39. The van der Waals surface area contributed by atoms with E-state index in [4.69, 9.17) is 0 Å². The number of nitrogens with one attached hydrogen (secondary N) is 1. The summed E-state index contributed by atoms with van der Waals surface area (Å²) in [6.45, 7) is 7.35. The summed E-state index contributed by atoms with van der Waals surface area (Å²) >= 11 is 0. The van der Waals surface area contributed by atoms with Crippen molar-refractivity contribution in [2.75, 3.05) is 25.0 Å². The fourth-order valence-corrected chi connectivity index (χ4v) is 3.88. The molecule has 2 aromatic rings. The predicted octanol–water partition coefficient (Wildman–Crippen LogP) is 3.82. The molecule has 0 radical (unpaired) electrons. The van der Waals surface area contributed by atoms with Gasteiger partial charge in [-0.3, -0.25) is 4.90 Å². The molecule has 0 amide bonds. The van der Waals surface area contributed by atoms with E-state index in [1.807, 2.05) is 0 Å². The lowest BCUT2D eigenvalue weighted by atomic mass is 10.0. The van der Waals surface area contributed by atoms with Gasteiger partial charge in [-0.1, -0.05) is 0 Å². The molecule has 3 N–H and O–H groups in total. The number of aryl methyl sites for hydroxylation is 1. The number of benzene rings is 1. The highest BCUT2D eigenvalue weighted by Crippen LogP contribution is 2.38. The van der Waals surface area contributed by atoms with Crippen molar-refractivity contribution in [1.82, 2.24) is 15.1 Å². The van der Waals surface area contributed by atoms with E-state index in [-0.39, 0.29) is 17.2 Å². The first-order chi connectivity index (χ1) is 13.9. The number of aromatic hydroxyl groups is 1. The molecule has 0 unspecified atom stereocenters. The van der Waals surface area contributed by atoms with Crippen molar-refractivity contribution in [3.05, 3.63) is 35.4 Å². The Morgan fingerprint density at radius 1 is 1.20 bits per heavy atom. The number of rotatable bonds is 5. The van der Waals surface area contributed by atoms with Gasteiger partial charge < -0.3 is 15.5 Å². The number of alkyl halides is 3. The number of aliphatic hydroxyl groups is 1. The number of β-amino-alcohol motifs (C(OH)–C–C–N with tert-alkyl or cyclic N) is 1. The van der Waals surface area contributed by atoms with Crippen molar-refractivity contribution in [2.45, 2.75) is 51.4 Å². The van der Waals surface area contributed by atoms with E-state index < -0.39 is 23.1 Å². The summed E-state index contributed by atoms with van der Waals surface area (Å²) < 4.78 is 38.7. The molecule has 0 saturated carbocycles. The minimum atomic E-state index is -4.53. The molecular formula is C21H27F3N4O2. The van der Waals surface area contributed by atoms with Crippen molar-refractivity contribution in [1.29, 1.82) is 0 Å². The topological polar surface area (TPSA) is 81.5 Å². The van der Waals surface area contributed by atoms with Crippen LogP contribution in [0, 0.1) is 6.92 Å². The van der Waals surface area contributed by atoms with Crippen LogP contribution in [0.25, 0.3) is 11.3 Å². The number of phenols is 1. The third-order valence-electron chi connectivity index (χ3n) is 5.03. The third kappa shape index (κ3) is 5.60. The normalized spacial score (nSPS) is 18.4. The summed E-state index contributed by atoms with van der Waals surface area (Å²) in [6.07, 6.45) is -2.57. The van der Waals surface area contributed by atoms with Crippen LogP contribution >= 0.6 is 0 Å². The molecule has 0 aliphatic carbocycles. The maximum Gasteiger partial charge on any atom is 0.416 e. The van der Waals surface area contributed by atoms with E-state index in [0.29, 0.717) is 24.1 Å². The van der Waals surface area contributed by atoms with Gasteiger partial charge in [0.15, 0.2) is 0 Å². The van der Waals surface area contributed by atoms with Gasteiger partial charge >= 0.3 is 6.18 Å². The second-order valence-corrected chi connectivity index (χ2v) is 8.52. The second-order valence-electron chi connectivity index (χ2n) is 8.52. The summed E-state index contributed by atoms with van der Waals surface area (Å²) in [5, 5.41) is 31.7. The van der Waals surface area contributed by atoms with Gasteiger partial charge in [-0.2, -0.15) is 13.2 Å². The smallest absolute Gasteiger partial charge is 0.416 e. The summed E-state index contributed by atoms with van der Waals surface area (Å²) in [5.41, 5.74) is -0.856. The maximum absolute atomic E-state index is 12.9. The lowest BCUT2D eigenvalue weighted by Crippen LogP contribution is -2.47. The van der Waals surface area contributed by atoms with Crippen molar-refractivity contribution in [3.8, 4) is 17.0 Å². The van der Waals surface area contributed by atoms with Gasteiger partial charge in [0.1, 0.15) is 11.6 Å². The molecule has 9 heteroatoms. The molecule has 30 heavy (non-hydrogen) atoms. The van der Waals surface area contributed by atoms with Gasteiger partial charge in [-0.15, -0.1) is 10.2 Å². The van der Waals surface area contributed by atoms with Crippen LogP contribution in [0.5, 0.6) is 5.75 Å². The zero-order chi connectivity index (χ0) is 22.1. The van der Waals surface area contributed by atoms with Crippen LogP contribution in [-0.2, 0) is 6.18 Å². The summed E-state index contributed by atoms with van der Waals surface area (Å²) in [5.74, 6) is 0.0739. The molecular weight excluding hydrogens is 397 g/mol. The number of hydrogen-bond donors (Lipinski definition) is 3. The highest BCUT2D eigenvalue weighted by molar-refractivity contribution is 5.71. The standard InChI is InChI=1S/C21H27F3N4O2/c1-13-9-14(21(22,23)24)10-17(29)19(13)16-6-7-18(27-26-16)25-15-5-4-8-28(11-15)12-20(2,3)30/h6-7,9-10,15,29-30H,4-5,8,11-12H2,1-3H3,(H,25,27)/t15-/m1/s1. The van der Waals surface area contributed by atoms with Gasteiger partial charge in [-0.05, 0) is 70.0 Å². The first-order valence-corrected chi connectivity index (χ1v) is 9.88. The zero-order valence-electron chi connectivity index (χ0n) is 17.3. The number of piperidine rings is 1. The molecule has 0 spiro atoms. The van der Waals surface area contributed by atoms with Crippen molar-refractivity contribution in [2.24, 2.45) is 0 Å². The van der Waals surface area contributed by atoms with E-state index in [9.17, 15) is 23.4 Å². The molecule has 6 nitrogen and oxygen atoms in total. The van der Waals surface area contributed by atoms with Gasteiger partial charge in [0, 0.05) is 24.7 Å². The van der Waals surface area contributed by atoms with Gasteiger partial charge in [0.05, 0.1) is 16.9 Å². The molecule has 1 aromatic heterocycles. The van der Waals surface area contributed by atoms with Crippen molar-refractivity contribution >= 4 is 5.82 Å². The van der Waals surface area contributed by atoms with E-state index in [1.165, 1.54) is 6.92 Å². The zero-order valence-corrected chi connectivity index (χ0v) is 17.3. The van der Waals surface area contributed by atoms with Crippen LogP contribution in [0.2, 0.25) is 0 Å². The molecule has 1 fully saturated rings. The number of nitrogens with zero attached hydrogens (tertiary/aromatic N) is 3. The maximum atomic E-state index is 12.9. The van der Waals surface area contributed by atoms with Gasteiger partial charge in [0.2, 0.25) is 0 Å². The molecule has 1 aliphatic rings. The Bertz CT molecular complexity index is 856. The van der Waals surface area contributed by atoms with Crippen molar-refractivity contribution in [3.63, 3.8) is 0 Å². The number of hydrogen-bond acceptors (Lipinski definition) is 6. The average Bonchev–Trinajstić information content (AvgIpc) is 2.60. The van der Waals surface area contributed by atoms with Crippen molar-refractivity contribution < 1.29 is 23.4 Å². The van der Waals surface area contributed by atoms with Gasteiger partial charge in [0.25, 0.3) is 0 Å². The number of phenolic OH excluding ortho intramolecular Hbond substituents is 1. The Morgan fingerprint density at radius 2 is 1.93 bits per heavy atom. The van der Waals surface area contributed by atoms with Gasteiger partial charge in [-0.25, -0.2) is 0 Å². The van der Waals surface area contributed by atoms with Crippen LogP contribution in [0.1, 0.15) is 37.8 Å². The van der Waals surface area contributed by atoms with E-state index in [0.717, 1.165) is 32.0 Å². The fraction of sp³-hybridized carbons (Fsp3) is 0.524. The van der Waals surface area contributed by atoms with Crippen LogP contribution < -0.4 is 5.32 Å². The highest BCUT2D eigenvalue weighted by atomic mass is 19.4. The van der Waals surface area contributed by atoms with Crippen LogP contribution in [-0.4, -0.2) is 56.6 Å². The minimum absolute atomic E-state index is 0.155. The van der Waals surface area contributed by atoms with Crippen LogP contribution in [0.4, 0.5) is 19.0 Å². The quantitative estimate of drug-likeness (QED) is 0.677. The predicted molar refractivity (Wildman–Crippen MR) is 108 cm³/mol. The van der Waals surface area contributed by atoms with Crippen LogP contribution in [0.3, 0.4) is 0 Å². The SMILES string of the molecule is Cc1cc(C(F)(F)F)cc(O)c1-c1ccc(N[C@@H]2CCCN(CC(C)(C)O)C2)nn1. The molecule has 1 aromatic carbocycles. The monoisotopic (exact) mass is 424 g/mol. The molecule has 164 valence electrons. The summed E-state index contributed by atoms with van der Waals surface area (Å²) in [6, 6.07) is 5.18. The van der Waals surface area contributed by atoms with E-state index >= 15 is 0 Å². The number of anilines is 1. The molecule has 1 saturated heterocycles. The Kier molecular flexibility index (Phi) is 6.24. The largest absolute Gasteiger partial charge is 0.507 e. The summed E-state index contributed by atoms with van der Waals surface area (Å²) in [7, 11) is 0. The minimum Gasteiger partial charge on any atom is -0.507 e. The molecule has 2 heterocycles. The Balaban J connectivity index is 1.71. The highest BCUT2D eigenvalue weighted by Gasteiger charge is 2.32. The first-order valence-electron chi connectivity index (χ1n) is 9.88. The number of likely N-dealkylation sites (tertiary alicyclic amines) is 1. The van der Waals surface area contributed by atoms with E-state index in [1.54, 1.807) is 26.0 Å². The van der Waals surface area contributed by atoms with Crippen LogP contribution in [0.15, 0.2) is 24.3 Å². The molecule has 1 aliphatic heterocycles. The number of aromatic nitrogens is 2. The third-order valence-corrected chi connectivity index (χ3v) is 5.03.